The number of hydroxylamine groups is 2. The van der Waals surface area contributed by atoms with Crippen LogP contribution < -0.4 is 4.74 Å². The van der Waals surface area contributed by atoms with Crippen molar-refractivity contribution >= 4 is 0 Å². The van der Waals surface area contributed by atoms with Gasteiger partial charge in [-0.1, -0.05) is 37.3 Å². The summed E-state index contributed by atoms with van der Waals surface area (Å²) in [6, 6.07) is 11.1. The van der Waals surface area contributed by atoms with Crippen LogP contribution in [0.5, 0.6) is 11.5 Å². The molecule has 2 atom stereocenters. The van der Waals surface area contributed by atoms with Crippen molar-refractivity contribution in [2.24, 2.45) is 5.92 Å². The van der Waals surface area contributed by atoms with Crippen LogP contribution in [0.15, 0.2) is 61.2 Å². The molecule has 1 N–H and O–H groups in total. The van der Waals surface area contributed by atoms with E-state index in [1.165, 1.54) is 29.8 Å². The van der Waals surface area contributed by atoms with Gasteiger partial charge in [0, 0.05) is 7.05 Å². The molecule has 3 nitrogen and oxygen atoms in total. The molecule has 0 bridgehead atoms. The molecule has 2 aromatic carbocycles. The van der Waals surface area contributed by atoms with E-state index >= 15 is 0 Å². The predicted molar refractivity (Wildman–Crippen MR) is 104 cm³/mol. The van der Waals surface area contributed by atoms with Crippen LogP contribution in [-0.4, -0.2) is 23.5 Å². The van der Waals surface area contributed by atoms with Gasteiger partial charge in [0.2, 0.25) is 0 Å². The number of aryl methyl sites for hydroxylation is 1. The highest BCUT2D eigenvalue weighted by Crippen LogP contribution is 2.37. The quantitative estimate of drug-likeness (QED) is 0.387. The average molecular weight is 393 g/mol. The summed E-state index contributed by atoms with van der Waals surface area (Å²) in [5.41, 5.74) is 1.14. The second-order valence-corrected chi connectivity index (χ2v) is 7.00. The number of nitrogens with zero attached hydrogens (tertiary/aromatic N) is 1. The zero-order valence-electron chi connectivity index (χ0n) is 16.1. The molecule has 0 saturated heterocycles. The highest BCUT2D eigenvalue weighted by atomic mass is 19.4. The maximum absolute atomic E-state index is 13.1. The lowest BCUT2D eigenvalue weighted by atomic mass is 9.98. The second-order valence-electron chi connectivity index (χ2n) is 7.00. The van der Waals surface area contributed by atoms with Crippen molar-refractivity contribution in [3.8, 4) is 11.5 Å². The van der Waals surface area contributed by atoms with E-state index in [1.54, 1.807) is 0 Å². The molecule has 0 radical (unpaired) electrons. The van der Waals surface area contributed by atoms with Crippen LogP contribution in [0.25, 0.3) is 0 Å². The second kappa shape index (κ2) is 9.75. The molecule has 0 aliphatic carbocycles. The maximum Gasteiger partial charge on any atom is 0.410 e. The third-order valence-electron chi connectivity index (χ3n) is 4.53. The Bertz CT molecular complexity index is 740. The van der Waals surface area contributed by atoms with Crippen molar-refractivity contribution in [1.82, 2.24) is 5.06 Å². The molecule has 152 valence electrons. The van der Waals surface area contributed by atoms with E-state index in [4.69, 9.17) is 4.74 Å². The minimum atomic E-state index is -4.58. The number of allylic oxidation sites excluding steroid dienone is 1. The summed E-state index contributed by atoms with van der Waals surface area (Å²) in [5, 5.41) is 9.47. The number of hydrogen-bond acceptors (Lipinski definition) is 3. The number of ether oxygens (including phenoxy) is 1. The molecule has 0 saturated carbocycles. The van der Waals surface area contributed by atoms with Gasteiger partial charge in [0.25, 0.3) is 0 Å². The van der Waals surface area contributed by atoms with Crippen LogP contribution >= 0.6 is 0 Å². The molecule has 2 aromatic rings. The van der Waals surface area contributed by atoms with Crippen molar-refractivity contribution in [2.45, 2.75) is 38.4 Å². The molecular weight excluding hydrogens is 367 g/mol. The van der Waals surface area contributed by atoms with E-state index in [1.807, 2.05) is 30.3 Å². The normalized spacial score (nSPS) is 14.0. The molecule has 2 unspecified atom stereocenters. The van der Waals surface area contributed by atoms with Crippen molar-refractivity contribution in [1.29, 1.82) is 0 Å². The SMILES string of the molecule is C=CCC(C)CCc1ccc(Oc2ccc(C(N(C)O)C(F)(F)F)cc2)cc1. The van der Waals surface area contributed by atoms with Gasteiger partial charge in [-0.25, -0.2) is 0 Å². The molecule has 0 spiro atoms. The van der Waals surface area contributed by atoms with Gasteiger partial charge in [-0.2, -0.15) is 18.2 Å². The lowest BCUT2D eigenvalue weighted by Gasteiger charge is -2.25. The largest absolute Gasteiger partial charge is 0.457 e. The molecule has 6 heteroatoms. The van der Waals surface area contributed by atoms with Gasteiger partial charge in [-0.15, -0.1) is 6.58 Å². The Balaban J connectivity index is 1.99. The van der Waals surface area contributed by atoms with Crippen molar-refractivity contribution in [3.05, 3.63) is 72.3 Å². The van der Waals surface area contributed by atoms with Crippen molar-refractivity contribution in [2.75, 3.05) is 7.05 Å². The maximum atomic E-state index is 13.1. The zero-order chi connectivity index (χ0) is 20.7. The molecule has 0 aliphatic heterocycles. The van der Waals surface area contributed by atoms with Crippen LogP contribution in [-0.2, 0) is 6.42 Å². The fraction of sp³-hybridized carbons (Fsp3) is 0.364. The average Bonchev–Trinajstić information content (AvgIpc) is 2.61. The first-order chi connectivity index (χ1) is 13.2. The number of alkyl halides is 3. The van der Waals surface area contributed by atoms with Crippen molar-refractivity contribution < 1.29 is 23.1 Å². The van der Waals surface area contributed by atoms with E-state index in [9.17, 15) is 18.4 Å². The summed E-state index contributed by atoms with van der Waals surface area (Å²) in [6.07, 6.45) is 0.399. The number of benzene rings is 2. The van der Waals surface area contributed by atoms with Gasteiger partial charge in [0.1, 0.15) is 11.5 Å². The summed E-state index contributed by atoms with van der Waals surface area (Å²) in [6.45, 7) is 5.95. The summed E-state index contributed by atoms with van der Waals surface area (Å²) >= 11 is 0. The van der Waals surface area contributed by atoms with Gasteiger partial charge in [0.15, 0.2) is 6.04 Å². The van der Waals surface area contributed by atoms with Crippen LogP contribution in [0.3, 0.4) is 0 Å². The van der Waals surface area contributed by atoms with E-state index < -0.39 is 12.2 Å². The van der Waals surface area contributed by atoms with Gasteiger partial charge >= 0.3 is 6.18 Å². The number of hydrogen-bond donors (Lipinski definition) is 1. The first-order valence-electron chi connectivity index (χ1n) is 9.16. The monoisotopic (exact) mass is 393 g/mol. The lowest BCUT2D eigenvalue weighted by Crippen LogP contribution is -2.33. The molecule has 28 heavy (non-hydrogen) atoms. The van der Waals surface area contributed by atoms with Crippen LogP contribution in [0.2, 0.25) is 0 Å². The van der Waals surface area contributed by atoms with Gasteiger partial charge in [0.05, 0.1) is 0 Å². The Morgan fingerprint density at radius 2 is 1.61 bits per heavy atom. The van der Waals surface area contributed by atoms with E-state index in [0.717, 1.165) is 26.3 Å². The number of halogens is 3. The first kappa shape index (κ1) is 22.0. The standard InChI is InChI=1S/C22H26F3NO2/c1-4-5-16(2)6-7-17-8-12-19(13-9-17)28-20-14-10-18(11-15-20)21(26(3)27)22(23,24)25/h4,8-16,21,27H,1,5-7H2,2-3H3. The molecule has 0 amide bonds. The Hall–Kier alpha value is -2.31. The molecule has 0 aromatic heterocycles. The predicted octanol–water partition coefficient (Wildman–Crippen LogP) is 6.55. The fourth-order valence-corrected chi connectivity index (χ4v) is 3.01. The lowest BCUT2D eigenvalue weighted by molar-refractivity contribution is -0.245. The Morgan fingerprint density at radius 3 is 2.07 bits per heavy atom. The third-order valence-corrected chi connectivity index (χ3v) is 4.53. The molecule has 0 fully saturated rings. The summed E-state index contributed by atoms with van der Waals surface area (Å²) in [7, 11) is 0.974. The van der Waals surface area contributed by atoms with Gasteiger partial charge in [-0.3, -0.25) is 0 Å². The molecule has 2 rings (SSSR count). The molecule has 0 aliphatic rings. The Labute approximate surface area is 164 Å². The van der Waals surface area contributed by atoms with E-state index in [2.05, 4.69) is 13.5 Å². The van der Waals surface area contributed by atoms with Crippen LogP contribution in [0.4, 0.5) is 13.2 Å². The molecular formula is C22H26F3NO2. The smallest absolute Gasteiger partial charge is 0.410 e. The first-order valence-corrected chi connectivity index (χ1v) is 9.16. The van der Waals surface area contributed by atoms with Crippen LogP contribution in [0.1, 0.15) is 36.9 Å². The number of rotatable bonds is 9. The zero-order valence-corrected chi connectivity index (χ0v) is 16.1. The summed E-state index contributed by atoms with van der Waals surface area (Å²) in [4.78, 5) is 0. The van der Waals surface area contributed by atoms with Gasteiger partial charge < -0.3 is 9.94 Å². The van der Waals surface area contributed by atoms with E-state index in [0.29, 0.717) is 17.4 Å². The van der Waals surface area contributed by atoms with Gasteiger partial charge in [-0.05, 0) is 60.6 Å². The third kappa shape index (κ3) is 6.39. The minimum absolute atomic E-state index is 0.0613. The molecule has 0 heterocycles. The topological polar surface area (TPSA) is 32.7 Å². The van der Waals surface area contributed by atoms with Crippen molar-refractivity contribution in [3.63, 3.8) is 0 Å². The van der Waals surface area contributed by atoms with E-state index in [-0.39, 0.29) is 10.6 Å². The Morgan fingerprint density at radius 1 is 1.07 bits per heavy atom. The Kier molecular flexibility index (Phi) is 7.66. The van der Waals surface area contributed by atoms with Crippen LogP contribution in [0, 0.1) is 5.92 Å². The fourth-order valence-electron chi connectivity index (χ4n) is 3.01. The summed E-state index contributed by atoms with van der Waals surface area (Å²) < 4.78 is 44.9. The minimum Gasteiger partial charge on any atom is -0.457 e. The highest BCUT2D eigenvalue weighted by molar-refractivity contribution is 5.35. The highest BCUT2D eigenvalue weighted by Gasteiger charge is 2.43. The summed E-state index contributed by atoms with van der Waals surface area (Å²) in [5.74, 6) is 1.63.